The molecule has 13 heteroatoms. The van der Waals surface area contributed by atoms with Crippen molar-refractivity contribution in [3.05, 3.63) is 18.2 Å². The van der Waals surface area contributed by atoms with Gasteiger partial charge in [-0.15, -0.1) is 0 Å². The molecule has 0 fully saturated rings. The Labute approximate surface area is 197 Å². The Morgan fingerprint density at radius 2 is 1.65 bits per heavy atom. The Morgan fingerprint density at radius 1 is 1.03 bits per heavy atom. The van der Waals surface area contributed by atoms with Crippen LogP contribution in [0.4, 0.5) is 0 Å². The average molecular weight is 482 g/mol. The number of nitrogens with two attached hydrogens (primary N) is 2. The Bertz CT molecular complexity index is 858. The number of aromatic nitrogens is 2. The molecule has 190 valence electrons. The van der Waals surface area contributed by atoms with E-state index in [0.717, 1.165) is 0 Å². The molecule has 4 amide bonds. The van der Waals surface area contributed by atoms with Gasteiger partial charge in [0.05, 0.1) is 18.8 Å². The normalized spacial score (nSPS) is 15.5. The van der Waals surface area contributed by atoms with Crippen molar-refractivity contribution in [2.24, 2.45) is 23.3 Å². The highest BCUT2D eigenvalue weighted by molar-refractivity contribution is 5.95. The number of rotatable bonds is 14. The van der Waals surface area contributed by atoms with E-state index in [1.807, 2.05) is 6.92 Å². The van der Waals surface area contributed by atoms with Crippen LogP contribution >= 0.6 is 0 Å². The molecule has 0 aliphatic heterocycles. The van der Waals surface area contributed by atoms with Crippen LogP contribution in [0.1, 0.15) is 46.2 Å². The smallest absolute Gasteiger partial charge is 0.326 e. The van der Waals surface area contributed by atoms with Gasteiger partial charge in [0.25, 0.3) is 0 Å². The molecule has 0 aliphatic carbocycles. The number of aliphatic carboxylic acids is 1. The van der Waals surface area contributed by atoms with Crippen LogP contribution in [0, 0.1) is 11.8 Å². The maximum Gasteiger partial charge on any atom is 0.326 e. The number of H-pyrrole nitrogens is 1. The van der Waals surface area contributed by atoms with E-state index in [9.17, 15) is 29.1 Å². The zero-order valence-electron chi connectivity index (χ0n) is 19.8. The number of carboxylic acids is 1. The lowest BCUT2D eigenvalue weighted by Gasteiger charge is -2.28. The van der Waals surface area contributed by atoms with E-state index in [2.05, 4.69) is 25.9 Å². The third-order valence-electron chi connectivity index (χ3n) is 5.39. The van der Waals surface area contributed by atoms with Crippen molar-refractivity contribution in [2.45, 2.75) is 71.1 Å². The molecule has 5 atom stereocenters. The molecule has 0 saturated heterocycles. The van der Waals surface area contributed by atoms with Gasteiger partial charge in [-0.2, -0.15) is 0 Å². The number of nitrogens with zero attached hydrogens (tertiary/aromatic N) is 1. The molecule has 0 radical (unpaired) electrons. The van der Waals surface area contributed by atoms with Crippen molar-refractivity contribution >= 4 is 29.6 Å². The van der Waals surface area contributed by atoms with Gasteiger partial charge in [-0.05, 0) is 11.8 Å². The molecule has 5 unspecified atom stereocenters. The number of carbonyl (C=O) groups excluding carboxylic acids is 4. The largest absolute Gasteiger partial charge is 0.480 e. The maximum atomic E-state index is 13.1. The second kappa shape index (κ2) is 13.3. The van der Waals surface area contributed by atoms with E-state index >= 15 is 0 Å². The predicted octanol–water partition coefficient (Wildman–Crippen LogP) is -1.60. The molecule has 1 aromatic heterocycles. The number of hydrogen-bond acceptors (Lipinski definition) is 7. The molecule has 0 saturated carbocycles. The standard InChI is InChI=1S/C21H35N7O6/c1-5-11(4)17(20(32)27-16(10(2)3)21(33)34)28-19(31)14(6-12-8-24-9-25-12)26-18(30)13(22)7-15(23)29/h8-11,13-14,16-17H,5-7,22H2,1-4H3,(H2,23,29)(H,24,25)(H,26,30)(H,27,32)(H,28,31)(H,33,34). The Morgan fingerprint density at radius 3 is 2.12 bits per heavy atom. The molecule has 0 aromatic carbocycles. The number of hydrogen-bond donors (Lipinski definition) is 7. The summed E-state index contributed by atoms with van der Waals surface area (Å²) in [6, 6.07) is -4.61. The summed E-state index contributed by atoms with van der Waals surface area (Å²) in [6.07, 6.45) is 2.97. The van der Waals surface area contributed by atoms with Crippen molar-refractivity contribution in [2.75, 3.05) is 0 Å². The summed E-state index contributed by atoms with van der Waals surface area (Å²) in [6.45, 7) is 6.87. The quantitative estimate of drug-likeness (QED) is 0.163. The first-order valence-electron chi connectivity index (χ1n) is 11.0. The topological polar surface area (TPSA) is 222 Å². The van der Waals surface area contributed by atoms with Gasteiger partial charge in [-0.25, -0.2) is 9.78 Å². The minimum Gasteiger partial charge on any atom is -0.480 e. The van der Waals surface area contributed by atoms with Gasteiger partial charge in [-0.3, -0.25) is 19.2 Å². The van der Waals surface area contributed by atoms with Gasteiger partial charge in [-0.1, -0.05) is 34.1 Å². The number of carboxylic acid groups (broad SMARTS) is 1. The van der Waals surface area contributed by atoms with E-state index in [0.29, 0.717) is 12.1 Å². The zero-order chi connectivity index (χ0) is 26.0. The fraction of sp³-hybridized carbons (Fsp3) is 0.619. The number of primary amides is 1. The number of amides is 4. The zero-order valence-corrected chi connectivity index (χ0v) is 19.8. The Hall–Kier alpha value is -3.48. The third-order valence-corrected chi connectivity index (χ3v) is 5.39. The van der Waals surface area contributed by atoms with Crippen LogP contribution < -0.4 is 27.4 Å². The highest BCUT2D eigenvalue weighted by Gasteiger charge is 2.33. The van der Waals surface area contributed by atoms with E-state index in [-0.39, 0.29) is 18.3 Å². The molecule has 0 bridgehead atoms. The van der Waals surface area contributed by atoms with E-state index in [4.69, 9.17) is 11.5 Å². The van der Waals surface area contributed by atoms with Crippen molar-refractivity contribution in [3.8, 4) is 0 Å². The predicted molar refractivity (Wildman–Crippen MR) is 122 cm³/mol. The fourth-order valence-electron chi connectivity index (χ4n) is 3.13. The first kappa shape index (κ1) is 28.6. The average Bonchev–Trinajstić information content (AvgIpc) is 3.26. The number of carbonyl (C=O) groups is 5. The molecule has 1 rings (SSSR count). The second-order valence-electron chi connectivity index (χ2n) is 8.56. The monoisotopic (exact) mass is 481 g/mol. The molecule has 34 heavy (non-hydrogen) atoms. The lowest BCUT2D eigenvalue weighted by molar-refractivity contribution is -0.144. The molecule has 9 N–H and O–H groups in total. The van der Waals surface area contributed by atoms with Crippen LogP contribution in [0.25, 0.3) is 0 Å². The van der Waals surface area contributed by atoms with Crippen LogP contribution in [0.2, 0.25) is 0 Å². The second-order valence-corrected chi connectivity index (χ2v) is 8.56. The Balaban J connectivity index is 3.09. The van der Waals surface area contributed by atoms with Crippen LogP contribution in [0.5, 0.6) is 0 Å². The number of aromatic amines is 1. The summed E-state index contributed by atoms with van der Waals surface area (Å²) in [7, 11) is 0. The summed E-state index contributed by atoms with van der Waals surface area (Å²) < 4.78 is 0. The van der Waals surface area contributed by atoms with Crippen LogP contribution in [-0.4, -0.2) is 68.8 Å². The lowest BCUT2D eigenvalue weighted by Crippen LogP contribution is -2.59. The molecular formula is C21H35N7O6. The molecule has 0 aliphatic rings. The molecule has 1 heterocycles. The van der Waals surface area contributed by atoms with E-state index < -0.39 is 60.2 Å². The Kier molecular flexibility index (Phi) is 11.2. The SMILES string of the molecule is CCC(C)C(NC(=O)C(Cc1cnc[nH]1)NC(=O)C(N)CC(N)=O)C(=O)NC(C(=O)O)C(C)C. The molecule has 13 nitrogen and oxygen atoms in total. The summed E-state index contributed by atoms with van der Waals surface area (Å²) in [5.41, 5.74) is 11.3. The fourth-order valence-corrected chi connectivity index (χ4v) is 3.13. The van der Waals surface area contributed by atoms with E-state index in [1.54, 1.807) is 20.8 Å². The van der Waals surface area contributed by atoms with Crippen LogP contribution in [-0.2, 0) is 30.4 Å². The summed E-state index contributed by atoms with van der Waals surface area (Å²) >= 11 is 0. The third kappa shape index (κ3) is 8.81. The summed E-state index contributed by atoms with van der Waals surface area (Å²) in [5, 5.41) is 17.0. The highest BCUT2D eigenvalue weighted by Crippen LogP contribution is 2.11. The van der Waals surface area contributed by atoms with Gasteiger partial charge in [0, 0.05) is 18.3 Å². The molecular weight excluding hydrogens is 446 g/mol. The van der Waals surface area contributed by atoms with Gasteiger partial charge in [0.15, 0.2) is 0 Å². The van der Waals surface area contributed by atoms with Crippen molar-refractivity contribution in [1.29, 1.82) is 0 Å². The first-order valence-corrected chi connectivity index (χ1v) is 11.0. The van der Waals surface area contributed by atoms with Gasteiger partial charge >= 0.3 is 5.97 Å². The molecule has 1 aromatic rings. The minimum atomic E-state index is -1.26. The number of nitrogens with one attached hydrogen (secondary N) is 4. The minimum absolute atomic E-state index is 0.000541. The van der Waals surface area contributed by atoms with Crippen molar-refractivity contribution in [1.82, 2.24) is 25.9 Å². The van der Waals surface area contributed by atoms with Crippen molar-refractivity contribution in [3.63, 3.8) is 0 Å². The lowest BCUT2D eigenvalue weighted by atomic mass is 9.96. The van der Waals surface area contributed by atoms with Crippen LogP contribution in [0.3, 0.4) is 0 Å². The molecule has 0 spiro atoms. The summed E-state index contributed by atoms with van der Waals surface area (Å²) in [5.74, 6) is -4.80. The van der Waals surface area contributed by atoms with Crippen LogP contribution in [0.15, 0.2) is 12.5 Å². The summed E-state index contributed by atoms with van der Waals surface area (Å²) in [4.78, 5) is 67.8. The van der Waals surface area contributed by atoms with Crippen molar-refractivity contribution < 1.29 is 29.1 Å². The van der Waals surface area contributed by atoms with E-state index in [1.165, 1.54) is 12.5 Å². The van der Waals surface area contributed by atoms with Gasteiger partial charge < -0.3 is 37.5 Å². The maximum absolute atomic E-state index is 13.1. The first-order chi connectivity index (χ1) is 15.9. The van der Waals surface area contributed by atoms with Gasteiger partial charge in [0.1, 0.15) is 18.1 Å². The van der Waals surface area contributed by atoms with Gasteiger partial charge in [0.2, 0.25) is 23.6 Å². The number of imidazole rings is 1. The highest BCUT2D eigenvalue weighted by atomic mass is 16.4.